The summed E-state index contributed by atoms with van der Waals surface area (Å²) in [5.74, 6) is 0.936. The number of benzene rings is 2. The number of ether oxygens (including phenoxy) is 2. The van der Waals surface area contributed by atoms with Gasteiger partial charge < -0.3 is 9.47 Å². The van der Waals surface area contributed by atoms with E-state index in [-0.39, 0.29) is 10.9 Å². The Morgan fingerprint density at radius 3 is 2.44 bits per heavy atom. The lowest BCUT2D eigenvalue weighted by atomic mass is 10.1. The Labute approximate surface area is 149 Å². The van der Waals surface area contributed by atoms with E-state index in [4.69, 9.17) is 9.47 Å². The summed E-state index contributed by atoms with van der Waals surface area (Å²) < 4.78 is 38.3. The molecule has 3 rings (SSSR count). The summed E-state index contributed by atoms with van der Waals surface area (Å²) in [7, 11) is -0.535. The third-order valence-electron chi connectivity index (χ3n) is 4.60. The number of hydrogen-bond acceptors (Lipinski definition) is 4. The van der Waals surface area contributed by atoms with E-state index in [2.05, 4.69) is 0 Å². The van der Waals surface area contributed by atoms with Crippen molar-refractivity contribution in [2.75, 3.05) is 20.8 Å². The van der Waals surface area contributed by atoms with Gasteiger partial charge in [0.2, 0.25) is 10.0 Å². The van der Waals surface area contributed by atoms with E-state index < -0.39 is 10.0 Å². The fraction of sp³-hybridized carbons (Fsp3) is 0.368. The molecule has 0 radical (unpaired) electrons. The van der Waals surface area contributed by atoms with Gasteiger partial charge in [-0.05, 0) is 37.0 Å². The molecule has 1 aliphatic heterocycles. The fourth-order valence-electron chi connectivity index (χ4n) is 3.33. The van der Waals surface area contributed by atoms with Crippen LogP contribution in [-0.2, 0) is 16.4 Å². The number of rotatable bonds is 6. The minimum absolute atomic E-state index is 0.0134. The molecule has 5 nitrogen and oxygen atoms in total. The Morgan fingerprint density at radius 2 is 1.76 bits per heavy atom. The molecule has 1 unspecified atom stereocenters. The van der Waals surface area contributed by atoms with Crippen LogP contribution in [0.4, 0.5) is 0 Å². The molecule has 25 heavy (non-hydrogen) atoms. The molecular formula is C19H23NO4S. The quantitative estimate of drug-likeness (QED) is 0.793. The summed E-state index contributed by atoms with van der Waals surface area (Å²) in [5.41, 5.74) is 1.15. The number of sulfonamides is 1. The van der Waals surface area contributed by atoms with Gasteiger partial charge in [0.1, 0.15) is 0 Å². The molecule has 0 aliphatic carbocycles. The smallest absolute Gasteiger partial charge is 0.243 e. The first-order valence-electron chi connectivity index (χ1n) is 8.34. The highest BCUT2D eigenvalue weighted by atomic mass is 32.2. The van der Waals surface area contributed by atoms with Crippen LogP contribution in [0, 0.1) is 0 Å². The molecule has 1 saturated heterocycles. The number of nitrogens with zero attached hydrogens (tertiary/aromatic N) is 1. The van der Waals surface area contributed by atoms with Crippen molar-refractivity contribution in [2.24, 2.45) is 0 Å². The Morgan fingerprint density at radius 1 is 1.04 bits per heavy atom. The predicted octanol–water partition coefficient (Wildman–Crippen LogP) is 3.10. The topological polar surface area (TPSA) is 55.8 Å². The van der Waals surface area contributed by atoms with Crippen molar-refractivity contribution in [3.63, 3.8) is 0 Å². The maximum atomic E-state index is 13.1. The van der Waals surface area contributed by atoms with Crippen LogP contribution in [0.15, 0.2) is 53.4 Å². The molecule has 0 aromatic heterocycles. The first-order valence-corrected chi connectivity index (χ1v) is 9.78. The molecule has 0 N–H and O–H groups in total. The fourth-order valence-corrected chi connectivity index (χ4v) is 5.04. The molecule has 1 aliphatic rings. The summed E-state index contributed by atoms with van der Waals surface area (Å²) in [4.78, 5) is 0.241. The molecule has 0 bridgehead atoms. The summed E-state index contributed by atoms with van der Waals surface area (Å²) in [6.07, 6.45) is 2.48. The zero-order valence-corrected chi connectivity index (χ0v) is 15.3. The molecule has 1 atom stereocenters. The Balaban J connectivity index is 1.88. The monoisotopic (exact) mass is 361 g/mol. The molecule has 134 valence electrons. The van der Waals surface area contributed by atoms with Gasteiger partial charge >= 0.3 is 0 Å². The van der Waals surface area contributed by atoms with E-state index in [1.165, 1.54) is 20.3 Å². The second-order valence-electron chi connectivity index (χ2n) is 6.12. The van der Waals surface area contributed by atoms with Crippen LogP contribution < -0.4 is 9.47 Å². The first-order chi connectivity index (χ1) is 12.1. The van der Waals surface area contributed by atoms with Crippen LogP contribution in [0.2, 0.25) is 0 Å². The SMILES string of the molecule is COc1ccc(S(=O)(=O)N2CCCC2Cc2ccccc2)cc1OC. The van der Waals surface area contributed by atoms with Crippen molar-refractivity contribution >= 4 is 10.0 Å². The van der Waals surface area contributed by atoms with Crippen molar-refractivity contribution in [2.45, 2.75) is 30.2 Å². The highest BCUT2D eigenvalue weighted by Gasteiger charge is 2.35. The van der Waals surface area contributed by atoms with Gasteiger partial charge in [0.25, 0.3) is 0 Å². The van der Waals surface area contributed by atoms with Crippen LogP contribution >= 0.6 is 0 Å². The van der Waals surface area contributed by atoms with Crippen molar-refractivity contribution in [1.82, 2.24) is 4.31 Å². The van der Waals surface area contributed by atoms with Gasteiger partial charge in [0, 0.05) is 18.7 Å². The number of methoxy groups -OCH3 is 2. The second-order valence-corrected chi connectivity index (χ2v) is 8.01. The van der Waals surface area contributed by atoms with Gasteiger partial charge in [0.05, 0.1) is 19.1 Å². The van der Waals surface area contributed by atoms with Gasteiger partial charge in [-0.2, -0.15) is 4.31 Å². The van der Waals surface area contributed by atoms with Gasteiger partial charge in [-0.3, -0.25) is 0 Å². The van der Waals surface area contributed by atoms with Crippen LogP contribution in [0.1, 0.15) is 18.4 Å². The van der Waals surface area contributed by atoms with E-state index in [1.54, 1.807) is 16.4 Å². The summed E-state index contributed by atoms with van der Waals surface area (Å²) in [6.45, 7) is 0.550. The molecule has 0 spiro atoms. The van der Waals surface area contributed by atoms with Crippen molar-refractivity contribution in [3.8, 4) is 11.5 Å². The Bertz CT molecular complexity index is 821. The molecule has 2 aromatic rings. The maximum Gasteiger partial charge on any atom is 0.243 e. The Kier molecular flexibility index (Phi) is 5.30. The van der Waals surface area contributed by atoms with E-state index in [0.717, 1.165) is 24.8 Å². The molecule has 1 fully saturated rings. The second kappa shape index (κ2) is 7.45. The maximum absolute atomic E-state index is 13.1. The van der Waals surface area contributed by atoms with Crippen molar-refractivity contribution in [1.29, 1.82) is 0 Å². The van der Waals surface area contributed by atoms with Crippen LogP contribution in [0.25, 0.3) is 0 Å². The van der Waals surface area contributed by atoms with Crippen LogP contribution in [-0.4, -0.2) is 39.5 Å². The first kappa shape index (κ1) is 17.8. The third-order valence-corrected chi connectivity index (χ3v) is 6.55. The highest BCUT2D eigenvalue weighted by Crippen LogP contribution is 2.33. The normalized spacial score (nSPS) is 18.2. The summed E-state index contributed by atoms with van der Waals surface area (Å²) in [6, 6.07) is 14.7. The summed E-state index contributed by atoms with van der Waals surface area (Å²) in [5, 5.41) is 0. The standard InChI is InChI=1S/C19H23NO4S/c1-23-18-11-10-17(14-19(18)24-2)25(21,22)20-12-6-9-16(20)13-15-7-4-3-5-8-15/h3-5,7-8,10-11,14,16H,6,9,12-13H2,1-2H3. The molecule has 0 amide bonds. The van der Waals surface area contributed by atoms with Crippen LogP contribution in [0.5, 0.6) is 11.5 Å². The molecule has 2 aromatic carbocycles. The van der Waals surface area contributed by atoms with Crippen LogP contribution in [0.3, 0.4) is 0 Å². The lowest BCUT2D eigenvalue weighted by Crippen LogP contribution is -2.36. The van der Waals surface area contributed by atoms with E-state index in [0.29, 0.717) is 18.0 Å². The molecule has 6 heteroatoms. The predicted molar refractivity (Wildman–Crippen MR) is 96.6 cm³/mol. The number of hydrogen-bond donors (Lipinski definition) is 0. The average molecular weight is 361 g/mol. The van der Waals surface area contributed by atoms with Crippen molar-refractivity contribution < 1.29 is 17.9 Å². The summed E-state index contributed by atoms with van der Waals surface area (Å²) >= 11 is 0. The van der Waals surface area contributed by atoms with E-state index in [1.807, 2.05) is 30.3 Å². The Hall–Kier alpha value is -2.05. The zero-order chi connectivity index (χ0) is 17.9. The molecule has 0 saturated carbocycles. The zero-order valence-electron chi connectivity index (χ0n) is 14.5. The molecular weight excluding hydrogens is 338 g/mol. The lowest BCUT2D eigenvalue weighted by Gasteiger charge is -2.24. The minimum Gasteiger partial charge on any atom is -0.493 e. The van der Waals surface area contributed by atoms with E-state index in [9.17, 15) is 8.42 Å². The lowest BCUT2D eigenvalue weighted by molar-refractivity contribution is 0.353. The third kappa shape index (κ3) is 3.65. The molecule has 1 heterocycles. The average Bonchev–Trinajstić information content (AvgIpc) is 3.11. The van der Waals surface area contributed by atoms with Gasteiger partial charge in [0.15, 0.2) is 11.5 Å². The van der Waals surface area contributed by atoms with Gasteiger partial charge in [-0.1, -0.05) is 30.3 Å². The van der Waals surface area contributed by atoms with E-state index >= 15 is 0 Å². The van der Waals surface area contributed by atoms with Gasteiger partial charge in [-0.15, -0.1) is 0 Å². The minimum atomic E-state index is -3.57. The highest BCUT2D eigenvalue weighted by molar-refractivity contribution is 7.89. The largest absolute Gasteiger partial charge is 0.493 e. The van der Waals surface area contributed by atoms with Gasteiger partial charge in [-0.25, -0.2) is 8.42 Å². The van der Waals surface area contributed by atoms with Crippen molar-refractivity contribution in [3.05, 3.63) is 54.1 Å².